The molecule has 0 atom stereocenters. The van der Waals surface area contributed by atoms with E-state index in [0.717, 1.165) is 18.4 Å². The zero-order valence-corrected chi connectivity index (χ0v) is 12.9. The maximum atomic E-state index is 11.1. The normalized spacial score (nSPS) is 11.3. The molecular weight excluding hydrogens is 276 g/mol. The van der Waals surface area contributed by atoms with Crippen molar-refractivity contribution in [1.29, 1.82) is 0 Å². The van der Waals surface area contributed by atoms with E-state index in [1.165, 1.54) is 0 Å². The minimum atomic E-state index is -0.481. The minimum Gasteiger partial charge on any atom is -0.395 e. The van der Waals surface area contributed by atoms with Crippen LogP contribution < -0.4 is 5.73 Å². The number of hydrogen-bond donors (Lipinski definition) is 2. The van der Waals surface area contributed by atoms with Crippen molar-refractivity contribution in [2.45, 2.75) is 39.3 Å². The molecule has 0 aliphatic carbocycles. The predicted octanol–water partition coefficient (Wildman–Crippen LogP) is 2.42. The highest BCUT2D eigenvalue weighted by Crippen LogP contribution is 2.21. The Labute approximate surface area is 125 Å². The van der Waals surface area contributed by atoms with Gasteiger partial charge < -0.3 is 10.8 Å². The van der Waals surface area contributed by atoms with E-state index in [1.807, 2.05) is 6.07 Å². The number of primary amides is 1. The fraction of sp³-hybridized carbons (Fsp3) is 0.533. The summed E-state index contributed by atoms with van der Waals surface area (Å²) in [5.74, 6) is -0.481. The first-order valence-electron chi connectivity index (χ1n) is 6.96. The molecule has 0 radical (unpaired) electrons. The average Bonchev–Trinajstić information content (AvgIpc) is 2.42. The fourth-order valence-electron chi connectivity index (χ4n) is 2.37. The van der Waals surface area contributed by atoms with Crippen LogP contribution in [0.25, 0.3) is 0 Å². The molecule has 0 saturated heterocycles. The van der Waals surface area contributed by atoms with E-state index in [9.17, 15) is 9.90 Å². The van der Waals surface area contributed by atoms with Gasteiger partial charge in [-0.2, -0.15) is 0 Å². The minimum absolute atomic E-state index is 0.119. The Hall–Kier alpha value is -1.10. The standard InChI is InChI=1S/C15H23ClN2O2/c1-3-13(4-2)18(7-8-19)10-12-6-5-11(15(17)20)9-14(12)16/h5-6,9,13,19H,3-4,7-8,10H2,1-2H3,(H2,17,20). The van der Waals surface area contributed by atoms with Gasteiger partial charge in [-0.1, -0.05) is 31.5 Å². The van der Waals surface area contributed by atoms with Crippen molar-refractivity contribution in [3.05, 3.63) is 34.3 Å². The number of nitrogens with two attached hydrogens (primary N) is 1. The van der Waals surface area contributed by atoms with E-state index in [1.54, 1.807) is 12.1 Å². The second-order valence-electron chi connectivity index (χ2n) is 4.83. The van der Waals surface area contributed by atoms with Crippen molar-refractivity contribution in [3.8, 4) is 0 Å². The summed E-state index contributed by atoms with van der Waals surface area (Å²) in [7, 11) is 0. The number of carbonyl (C=O) groups excluding carboxylic acids is 1. The molecule has 0 fully saturated rings. The lowest BCUT2D eigenvalue weighted by molar-refractivity contribution is 0.1000. The molecule has 3 N–H and O–H groups in total. The molecule has 20 heavy (non-hydrogen) atoms. The quantitative estimate of drug-likeness (QED) is 0.774. The van der Waals surface area contributed by atoms with Crippen LogP contribution in [-0.2, 0) is 6.54 Å². The molecule has 0 aliphatic rings. The predicted molar refractivity (Wildman–Crippen MR) is 81.8 cm³/mol. The molecule has 0 aliphatic heterocycles. The van der Waals surface area contributed by atoms with Crippen LogP contribution in [0.5, 0.6) is 0 Å². The summed E-state index contributed by atoms with van der Waals surface area (Å²) in [4.78, 5) is 13.3. The second kappa shape index (κ2) is 8.25. The highest BCUT2D eigenvalue weighted by molar-refractivity contribution is 6.31. The van der Waals surface area contributed by atoms with Crippen LogP contribution in [0.1, 0.15) is 42.6 Å². The Morgan fingerprint density at radius 2 is 2.05 bits per heavy atom. The Balaban J connectivity index is 2.90. The Bertz CT molecular complexity index is 447. The number of rotatable bonds is 8. The number of nitrogens with zero attached hydrogens (tertiary/aromatic N) is 1. The molecule has 4 nitrogen and oxygen atoms in total. The first kappa shape index (κ1) is 17.0. The van der Waals surface area contributed by atoms with Crippen LogP contribution in [-0.4, -0.2) is 35.1 Å². The zero-order chi connectivity index (χ0) is 15.1. The number of aliphatic hydroxyl groups is 1. The summed E-state index contributed by atoms with van der Waals surface area (Å²) in [6.07, 6.45) is 2.04. The Kier molecular flexibility index (Phi) is 6.99. The molecule has 1 aromatic rings. The van der Waals surface area contributed by atoms with Crippen LogP contribution in [0.4, 0.5) is 0 Å². The van der Waals surface area contributed by atoms with E-state index >= 15 is 0 Å². The van der Waals surface area contributed by atoms with Crippen LogP contribution in [0, 0.1) is 0 Å². The maximum Gasteiger partial charge on any atom is 0.248 e. The number of benzene rings is 1. The highest BCUT2D eigenvalue weighted by Gasteiger charge is 2.16. The summed E-state index contributed by atoms with van der Waals surface area (Å²) in [6.45, 7) is 5.66. The summed E-state index contributed by atoms with van der Waals surface area (Å²) in [5.41, 5.74) is 6.59. The van der Waals surface area contributed by atoms with E-state index in [4.69, 9.17) is 17.3 Å². The number of amides is 1. The van der Waals surface area contributed by atoms with Crippen molar-refractivity contribution >= 4 is 17.5 Å². The molecule has 112 valence electrons. The van der Waals surface area contributed by atoms with Crippen molar-refractivity contribution in [2.75, 3.05) is 13.2 Å². The average molecular weight is 299 g/mol. The van der Waals surface area contributed by atoms with Gasteiger partial charge in [0.05, 0.1) is 6.61 Å². The number of hydrogen-bond acceptors (Lipinski definition) is 3. The van der Waals surface area contributed by atoms with Crippen LogP contribution in [0.15, 0.2) is 18.2 Å². The van der Waals surface area contributed by atoms with Gasteiger partial charge in [0, 0.05) is 29.7 Å². The van der Waals surface area contributed by atoms with Crippen molar-refractivity contribution in [3.63, 3.8) is 0 Å². The first-order chi connectivity index (χ1) is 9.53. The smallest absolute Gasteiger partial charge is 0.248 e. The van der Waals surface area contributed by atoms with Gasteiger partial charge in [0.2, 0.25) is 5.91 Å². The van der Waals surface area contributed by atoms with Gasteiger partial charge in [0.1, 0.15) is 0 Å². The third-order valence-electron chi connectivity index (χ3n) is 3.56. The summed E-state index contributed by atoms with van der Waals surface area (Å²) in [5, 5.41) is 9.74. The van der Waals surface area contributed by atoms with Gasteiger partial charge in [0.25, 0.3) is 0 Å². The molecule has 0 aromatic heterocycles. The lowest BCUT2D eigenvalue weighted by Gasteiger charge is -2.30. The molecule has 1 rings (SSSR count). The van der Waals surface area contributed by atoms with Crippen LogP contribution >= 0.6 is 11.6 Å². The summed E-state index contributed by atoms with van der Waals surface area (Å²) >= 11 is 6.21. The lowest BCUT2D eigenvalue weighted by atomic mass is 10.1. The largest absolute Gasteiger partial charge is 0.395 e. The van der Waals surface area contributed by atoms with Crippen molar-refractivity contribution in [2.24, 2.45) is 5.73 Å². The monoisotopic (exact) mass is 298 g/mol. The lowest BCUT2D eigenvalue weighted by Crippen LogP contribution is -2.36. The van der Waals surface area contributed by atoms with Gasteiger partial charge in [0.15, 0.2) is 0 Å². The molecule has 0 spiro atoms. The topological polar surface area (TPSA) is 66.6 Å². The van der Waals surface area contributed by atoms with Gasteiger partial charge in [-0.25, -0.2) is 0 Å². The van der Waals surface area contributed by atoms with Crippen molar-refractivity contribution in [1.82, 2.24) is 4.90 Å². The molecular formula is C15H23ClN2O2. The molecule has 1 aromatic carbocycles. The molecule has 5 heteroatoms. The van der Waals surface area contributed by atoms with Gasteiger partial charge >= 0.3 is 0 Å². The van der Waals surface area contributed by atoms with Gasteiger partial charge in [-0.05, 0) is 30.5 Å². The van der Waals surface area contributed by atoms with E-state index in [0.29, 0.717) is 29.7 Å². The summed E-state index contributed by atoms with van der Waals surface area (Å²) in [6, 6.07) is 5.53. The Morgan fingerprint density at radius 3 is 2.50 bits per heavy atom. The molecule has 1 amide bonds. The van der Waals surface area contributed by atoms with Crippen LogP contribution in [0.2, 0.25) is 5.02 Å². The Morgan fingerprint density at radius 1 is 1.40 bits per heavy atom. The second-order valence-corrected chi connectivity index (χ2v) is 5.24. The number of halogens is 1. The number of aliphatic hydroxyl groups excluding tert-OH is 1. The van der Waals surface area contributed by atoms with E-state index < -0.39 is 5.91 Å². The van der Waals surface area contributed by atoms with E-state index in [2.05, 4.69) is 18.7 Å². The van der Waals surface area contributed by atoms with Crippen LogP contribution in [0.3, 0.4) is 0 Å². The SMILES string of the molecule is CCC(CC)N(CCO)Cc1ccc(C(N)=O)cc1Cl. The molecule has 0 heterocycles. The first-order valence-corrected chi connectivity index (χ1v) is 7.34. The van der Waals surface area contributed by atoms with E-state index in [-0.39, 0.29) is 6.61 Å². The maximum absolute atomic E-state index is 11.1. The fourth-order valence-corrected chi connectivity index (χ4v) is 2.61. The highest BCUT2D eigenvalue weighted by atomic mass is 35.5. The molecule has 0 unspecified atom stereocenters. The molecule has 0 saturated carbocycles. The zero-order valence-electron chi connectivity index (χ0n) is 12.1. The van der Waals surface area contributed by atoms with Gasteiger partial charge in [-0.15, -0.1) is 0 Å². The van der Waals surface area contributed by atoms with Crippen molar-refractivity contribution < 1.29 is 9.90 Å². The number of carbonyl (C=O) groups is 1. The summed E-state index contributed by atoms with van der Waals surface area (Å²) < 4.78 is 0. The third kappa shape index (κ3) is 4.47. The molecule has 0 bridgehead atoms. The third-order valence-corrected chi connectivity index (χ3v) is 3.91. The van der Waals surface area contributed by atoms with Gasteiger partial charge in [-0.3, -0.25) is 9.69 Å².